The summed E-state index contributed by atoms with van der Waals surface area (Å²) in [6, 6.07) is 3.60. The molecule has 0 fully saturated rings. The Bertz CT molecular complexity index is 278. The van der Waals surface area contributed by atoms with E-state index in [9.17, 15) is 0 Å². The summed E-state index contributed by atoms with van der Waals surface area (Å²) in [6.07, 6.45) is 4.22. The number of hydrogen-bond donors (Lipinski definition) is 0. The maximum atomic E-state index is 5.83. The van der Waals surface area contributed by atoms with Gasteiger partial charge in [0.2, 0.25) is 0 Å². The molecule has 0 aliphatic carbocycles. The van der Waals surface area contributed by atoms with Crippen molar-refractivity contribution >= 4 is 11.6 Å². The van der Waals surface area contributed by atoms with E-state index in [2.05, 4.69) is 18.8 Å². The molecule has 0 amide bonds. The zero-order valence-electron chi connectivity index (χ0n) is 8.66. The summed E-state index contributed by atoms with van der Waals surface area (Å²) < 4.78 is 5.60. The first-order valence-corrected chi connectivity index (χ1v) is 5.32. The van der Waals surface area contributed by atoms with Gasteiger partial charge in [-0.05, 0) is 25.5 Å². The predicted octanol–water partition coefficient (Wildman–Crippen LogP) is 3.44. The lowest BCUT2D eigenvalue weighted by atomic mass is 10.2. The summed E-state index contributed by atoms with van der Waals surface area (Å²) in [5.74, 6) is 0. The van der Waals surface area contributed by atoms with Crippen molar-refractivity contribution in [1.29, 1.82) is 0 Å². The smallest absolute Gasteiger partial charge is 0.0892 e. The number of rotatable bonds is 5. The van der Waals surface area contributed by atoms with Crippen molar-refractivity contribution in [2.45, 2.75) is 39.4 Å². The Morgan fingerprint density at radius 2 is 2.36 bits per heavy atom. The monoisotopic (exact) mass is 213 g/mol. The average molecular weight is 214 g/mol. The highest BCUT2D eigenvalue weighted by Crippen LogP contribution is 2.10. The first kappa shape index (κ1) is 11.5. The Morgan fingerprint density at radius 1 is 1.57 bits per heavy atom. The number of halogens is 1. The summed E-state index contributed by atoms with van der Waals surface area (Å²) in [4.78, 5) is 4.16. The van der Waals surface area contributed by atoms with Gasteiger partial charge < -0.3 is 4.74 Å². The lowest BCUT2D eigenvalue weighted by molar-refractivity contribution is 0.0453. The number of aromatic nitrogens is 1. The lowest BCUT2D eigenvalue weighted by Crippen LogP contribution is -2.08. The summed E-state index contributed by atoms with van der Waals surface area (Å²) in [7, 11) is 0. The van der Waals surface area contributed by atoms with Gasteiger partial charge in [0.05, 0.1) is 18.4 Å². The quantitative estimate of drug-likeness (QED) is 0.748. The molecule has 0 N–H and O–H groups in total. The molecule has 78 valence electrons. The van der Waals surface area contributed by atoms with Gasteiger partial charge in [0, 0.05) is 11.2 Å². The van der Waals surface area contributed by atoms with Crippen LogP contribution < -0.4 is 0 Å². The van der Waals surface area contributed by atoms with Crippen LogP contribution in [0.3, 0.4) is 0 Å². The van der Waals surface area contributed by atoms with Gasteiger partial charge in [0.1, 0.15) is 0 Å². The van der Waals surface area contributed by atoms with Gasteiger partial charge in [-0.15, -0.1) is 0 Å². The molecule has 0 aliphatic rings. The predicted molar refractivity (Wildman–Crippen MR) is 58.4 cm³/mol. The Hall–Kier alpha value is -0.600. The molecule has 0 bridgehead atoms. The molecule has 2 nitrogen and oxygen atoms in total. The zero-order valence-corrected chi connectivity index (χ0v) is 9.42. The highest BCUT2D eigenvalue weighted by molar-refractivity contribution is 6.30. The lowest BCUT2D eigenvalue weighted by Gasteiger charge is -2.11. The molecular weight excluding hydrogens is 198 g/mol. The van der Waals surface area contributed by atoms with Crippen LogP contribution in [0, 0.1) is 0 Å². The van der Waals surface area contributed by atoms with E-state index < -0.39 is 0 Å². The van der Waals surface area contributed by atoms with Crippen molar-refractivity contribution < 1.29 is 4.74 Å². The van der Waals surface area contributed by atoms with E-state index in [1.165, 1.54) is 0 Å². The number of hydrogen-bond acceptors (Lipinski definition) is 2. The van der Waals surface area contributed by atoms with Crippen LogP contribution in [0.25, 0.3) is 0 Å². The third-order valence-corrected chi connectivity index (χ3v) is 2.22. The van der Waals surface area contributed by atoms with Crippen LogP contribution in [0.2, 0.25) is 5.02 Å². The van der Waals surface area contributed by atoms with Crippen molar-refractivity contribution in [3.8, 4) is 0 Å². The van der Waals surface area contributed by atoms with E-state index in [0.717, 1.165) is 18.5 Å². The van der Waals surface area contributed by atoms with E-state index in [4.69, 9.17) is 16.3 Å². The van der Waals surface area contributed by atoms with Crippen molar-refractivity contribution in [2.24, 2.45) is 0 Å². The fraction of sp³-hybridized carbons (Fsp3) is 0.545. The average Bonchev–Trinajstić information content (AvgIpc) is 2.15. The second kappa shape index (κ2) is 5.99. The van der Waals surface area contributed by atoms with Gasteiger partial charge in [-0.3, -0.25) is 4.98 Å². The summed E-state index contributed by atoms with van der Waals surface area (Å²) in [5.41, 5.74) is 0.889. The molecule has 0 saturated heterocycles. The van der Waals surface area contributed by atoms with Gasteiger partial charge in [-0.25, -0.2) is 0 Å². The molecule has 1 rings (SSSR count). The fourth-order valence-corrected chi connectivity index (χ4v) is 1.43. The normalized spacial score (nSPS) is 12.8. The molecule has 0 saturated carbocycles. The highest BCUT2D eigenvalue weighted by Gasteiger charge is 2.02. The van der Waals surface area contributed by atoms with Crippen LogP contribution in [0.15, 0.2) is 18.3 Å². The fourth-order valence-electron chi connectivity index (χ4n) is 1.25. The first-order valence-electron chi connectivity index (χ1n) is 4.94. The van der Waals surface area contributed by atoms with Crippen LogP contribution in [0.4, 0.5) is 0 Å². The summed E-state index contributed by atoms with van der Waals surface area (Å²) in [6.45, 7) is 4.77. The van der Waals surface area contributed by atoms with Crippen molar-refractivity contribution in [2.75, 3.05) is 0 Å². The van der Waals surface area contributed by atoms with E-state index in [-0.39, 0.29) is 0 Å². The third-order valence-electron chi connectivity index (χ3n) is 1.99. The van der Waals surface area contributed by atoms with Gasteiger partial charge >= 0.3 is 0 Å². The zero-order chi connectivity index (χ0) is 10.4. The van der Waals surface area contributed by atoms with E-state index in [1.807, 2.05) is 6.07 Å². The molecule has 1 atom stereocenters. The molecule has 1 unspecified atom stereocenters. The topological polar surface area (TPSA) is 22.1 Å². The first-order chi connectivity index (χ1) is 6.72. The minimum Gasteiger partial charge on any atom is -0.372 e. The molecule has 1 heterocycles. The third kappa shape index (κ3) is 4.07. The molecule has 0 radical (unpaired) electrons. The molecule has 0 spiro atoms. The largest absolute Gasteiger partial charge is 0.372 e. The van der Waals surface area contributed by atoms with Crippen molar-refractivity contribution in [1.82, 2.24) is 4.98 Å². The van der Waals surface area contributed by atoms with Crippen LogP contribution >= 0.6 is 11.6 Å². The number of nitrogens with zero attached hydrogens (tertiary/aromatic N) is 1. The van der Waals surface area contributed by atoms with Crippen LogP contribution in [0.1, 0.15) is 32.4 Å². The van der Waals surface area contributed by atoms with Gasteiger partial charge in [-0.1, -0.05) is 24.9 Å². The van der Waals surface area contributed by atoms with Crippen molar-refractivity contribution in [3.63, 3.8) is 0 Å². The Labute approximate surface area is 90.3 Å². The minimum atomic E-state index is 0.292. The Kier molecular flexibility index (Phi) is 4.91. The van der Waals surface area contributed by atoms with Crippen LogP contribution in [-0.4, -0.2) is 11.1 Å². The molecule has 0 aliphatic heterocycles. The van der Waals surface area contributed by atoms with Gasteiger partial charge in [0.15, 0.2) is 0 Å². The summed E-state index contributed by atoms with van der Waals surface area (Å²) >= 11 is 5.83. The Balaban J connectivity index is 2.37. The Morgan fingerprint density at radius 3 is 3.00 bits per heavy atom. The van der Waals surface area contributed by atoms with Gasteiger partial charge in [-0.2, -0.15) is 0 Å². The molecule has 1 aromatic rings. The second-order valence-corrected chi connectivity index (χ2v) is 3.81. The maximum absolute atomic E-state index is 5.83. The number of ether oxygens (including phenoxy) is 1. The SMILES string of the molecule is CCCC(C)OCc1cc(Cl)ccn1. The maximum Gasteiger partial charge on any atom is 0.0892 e. The molecular formula is C11H16ClNO. The highest BCUT2D eigenvalue weighted by atomic mass is 35.5. The molecule has 0 aromatic carbocycles. The minimum absolute atomic E-state index is 0.292. The molecule has 3 heteroatoms. The van der Waals surface area contributed by atoms with Crippen LogP contribution in [0.5, 0.6) is 0 Å². The number of pyridine rings is 1. The van der Waals surface area contributed by atoms with E-state index in [0.29, 0.717) is 17.7 Å². The van der Waals surface area contributed by atoms with E-state index >= 15 is 0 Å². The second-order valence-electron chi connectivity index (χ2n) is 3.38. The standard InChI is InChI=1S/C11H16ClNO/c1-3-4-9(2)14-8-11-7-10(12)5-6-13-11/h5-7,9H,3-4,8H2,1-2H3. The van der Waals surface area contributed by atoms with E-state index in [1.54, 1.807) is 12.3 Å². The van der Waals surface area contributed by atoms with Gasteiger partial charge in [0.25, 0.3) is 0 Å². The molecule has 1 aromatic heterocycles. The van der Waals surface area contributed by atoms with Crippen molar-refractivity contribution in [3.05, 3.63) is 29.0 Å². The van der Waals surface area contributed by atoms with Crippen LogP contribution in [-0.2, 0) is 11.3 Å². The summed E-state index contributed by atoms with van der Waals surface area (Å²) in [5, 5.41) is 0.710. The molecule has 14 heavy (non-hydrogen) atoms.